The molecule has 29 heavy (non-hydrogen) atoms. The molecule has 0 radical (unpaired) electrons. The van der Waals surface area contributed by atoms with Gasteiger partial charge >= 0.3 is 0 Å². The molecule has 0 saturated heterocycles. The largest absolute Gasteiger partial charge is 0.387 e. The summed E-state index contributed by atoms with van der Waals surface area (Å²) >= 11 is 0. The molecule has 0 spiro atoms. The maximum absolute atomic E-state index is 11.9. The molecule has 0 aliphatic heterocycles. The summed E-state index contributed by atoms with van der Waals surface area (Å²) in [7, 11) is 0. The molecule has 2 rings (SSSR count). The van der Waals surface area contributed by atoms with Crippen LogP contribution in [0, 0.1) is 10.8 Å². The molecule has 164 valence electrons. The SMILES string of the molecule is CC(C)(C)CC(OCCCOCCC(C)(C)Cc1co[nH]c1=O)c1co[nH]c1=O. The van der Waals surface area contributed by atoms with E-state index >= 15 is 0 Å². The summed E-state index contributed by atoms with van der Waals surface area (Å²) in [5.41, 5.74) is 0.728. The van der Waals surface area contributed by atoms with Crippen LogP contribution in [0.15, 0.2) is 31.2 Å². The number of nitrogens with one attached hydrogen (secondary N) is 2. The Morgan fingerprint density at radius 1 is 0.966 bits per heavy atom. The van der Waals surface area contributed by atoms with Crippen LogP contribution in [-0.2, 0) is 15.9 Å². The van der Waals surface area contributed by atoms with Crippen molar-refractivity contribution in [3.63, 3.8) is 0 Å². The van der Waals surface area contributed by atoms with Crippen LogP contribution >= 0.6 is 0 Å². The van der Waals surface area contributed by atoms with Gasteiger partial charge in [0.15, 0.2) is 0 Å². The molecular weight excluding hydrogens is 376 g/mol. The van der Waals surface area contributed by atoms with Crippen molar-refractivity contribution in [1.29, 1.82) is 0 Å². The molecule has 0 amide bonds. The third-order valence-electron chi connectivity index (χ3n) is 4.73. The first-order chi connectivity index (χ1) is 13.6. The van der Waals surface area contributed by atoms with E-state index in [1.165, 1.54) is 12.5 Å². The number of hydrogen-bond donors (Lipinski definition) is 2. The number of hydrogen-bond acceptors (Lipinski definition) is 6. The summed E-state index contributed by atoms with van der Waals surface area (Å²) in [5.74, 6) is 0. The molecule has 0 aromatic carbocycles. The van der Waals surface area contributed by atoms with Crippen LogP contribution in [-0.4, -0.2) is 30.1 Å². The number of aromatic amines is 2. The summed E-state index contributed by atoms with van der Waals surface area (Å²) in [5, 5.41) is 4.64. The Balaban J connectivity index is 1.68. The fraction of sp³-hybridized carbons (Fsp3) is 0.714. The van der Waals surface area contributed by atoms with E-state index in [0.29, 0.717) is 37.4 Å². The molecule has 8 heteroatoms. The summed E-state index contributed by atoms with van der Waals surface area (Å²) in [4.78, 5) is 23.4. The smallest absolute Gasteiger partial charge is 0.285 e. The van der Waals surface area contributed by atoms with Gasteiger partial charge in [0.2, 0.25) is 0 Å². The van der Waals surface area contributed by atoms with E-state index in [4.69, 9.17) is 18.5 Å². The molecule has 8 nitrogen and oxygen atoms in total. The van der Waals surface area contributed by atoms with Gasteiger partial charge < -0.3 is 18.5 Å². The average Bonchev–Trinajstić information content (AvgIpc) is 3.20. The van der Waals surface area contributed by atoms with E-state index in [-0.39, 0.29) is 28.1 Å². The Bertz CT molecular complexity index is 836. The number of aromatic nitrogens is 2. The normalized spacial score (nSPS) is 13.7. The Kier molecular flexibility index (Phi) is 8.10. The van der Waals surface area contributed by atoms with Gasteiger partial charge in [-0.05, 0) is 36.5 Å². The van der Waals surface area contributed by atoms with Crippen LogP contribution in [0.4, 0.5) is 0 Å². The van der Waals surface area contributed by atoms with Crippen molar-refractivity contribution in [3.8, 4) is 0 Å². The second kappa shape index (κ2) is 10.1. The van der Waals surface area contributed by atoms with E-state index in [2.05, 4.69) is 44.9 Å². The predicted octanol–water partition coefficient (Wildman–Crippen LogP) is 3.81. The lowest BCUT2D eigenvalue weighted by molar-refractivity contribution is 0.00796. The van der Waals surface area contributed by atoms with Crippen molar-refractivity contribution >= 4 is 0 Å². The Hall–Kier alpha value is -2.06. The fourth-order valence-electron chi connectivity index (χ4n) is 3.13. The van der Waals surface area contributed by atoms with Gasteiger partial charge in [0.1, 0.15) is 12.5 Å². The van der Waals surface area contributed by atoms with Gasteiger partial charge in [0.05, 0.1) is 17.2 Å². The lowest BCUT2D eigenvalue weighted by atomic mass is 9.84. The van der Waals surface area contributed by atoms with Crippen molar-refractivity contribution in [1.82, 2.24) is 10.3 Å². The van der Waals surface area contributed by atoms with Crippen LogP contribution in [0.3, 0.4) is 0 Å². The maximum Gasteiger partial charge on any atom is 0.285 e. The first-order valence-electron chi connectivity index (χ1n) is 10.1. The van der Waals surface area contributed by atoms with Gasteiger partial charge in [-0.25, -0.2) is 0 Å². The van der Waals surface area contributed by atoms with Crippen molar-refractivity contribution in [2.45, 2.75) is 66.4 Å². The van der Waals surface area contributed by atoms with Gasteiger partial charge in [0.25, 0.3) is 11.1 Å². The average molecular weight is 411 g/mol. The zero-order valence-corrected chi connectivity index (χ0v) is 18.1. The molecule has 2 aromatic heterocycles. The first kappa shape index (κ1) is 23.2. The number of H-pyrrole nitrogens is 2. The van der Waals surface area contributed by atoms with Crippen LogP contribution in [0.25, 0.3) is 0 Å². The van der Waals surface area contributed by atoms with E-state index in [1.807, 2.05) is 0 Å². The van der Waals surface area contributed by atoms with E-state index in [9.17, 15) is 9.59 Å². The molecule has 0 aliphatic rings. The first-order valence-corrected chi connectivity index (χ1v) is 10.1. The number of rotatable bonds is 12. The highest BCUT2D eigenvalue weighted by molar-refractivity contribution is 5.07. The maximum atomic E-state index is 11.9. The highest BCUT2D eigenvalue weighted by atomic mass is 16.5. The standard InChI is InChI=1S/C21H34N2O6/c1-20(2,3)12-17(16-14-29-23-19(16)25)27-9-6-8-26-10-7-21(4,5)11-15-13-28-22-18(15)24/h13-14,17H,6-12H2,1-5H3,(H,22,24)(H,23,25). The zero-order valence-electron chi connectivity index (χ0n) is 18.1. The van der Waals surface area contributed by atoms with Crippen molar-refractivity contribution in [2.24, 2.45) is 10.8 Å². The van der Waals surface area contributed by atoms with Crippen LogP contribution in [0.5, 0.6) is 0 Å². The summed E-state index contributed by atoms with van der Waals surface area (Å²) < 4.78 is 21.4. The quantitative estimate of drug-likeness (QED) is 0.515. The molecule has 2 N–H and O–H groups in total. The molecule has 2 aromatic rings. The third-order valence-corrected chi connectivity index (χ3v) is 4.73. The second-order valence-corrected chi connectivity index (χ2v) is 9.50. The van der Waals surface area contributed by atoms with Crippen LogP contribution in [0.2, 0.25) is 0 Å². The molecule has 0 fully saturated rings. The minimum Gasteiger partial charge on any atom is -0.387 e. The lowest BCUT2D eigenvalue weighted by Crippen LogP contribution is -2.21. The van der Waals surface area contributed by atoms with Gasteiger partial charge in [-0.3, -0.25) is 9.59 Å². The topological polar surface area (TPSA) is 110 Å². The molecule has 0 aliphatic carbocycles. The van der Waals surface area contributed by atoms with E-state index in [1.54, 1.807) is 0 Å². The minimum atomic E-state index is -0.301. The molecule has 1 atom stereocenters. The van der Waals surface area contributed by atoms with E-state index < -0.39 is 0 Å². The fourth-order valence-corrected chi connectivity index (χ4v) is 3.13. The van der Waals surface area contributed by atoms with Crippen LogP contribution in [0.1, 0.15) is 71.1 Å². The highest BCUT2D eigenvalue weighted by Gasteiger charge is 2.24. The summed E-state index contributed by atoms with van der Waals surface area (Å²) in [6.45, 7) is 12.2. The third kappa shape index (κ3) is 8.06. The molecular formula is C21H34N2O6. The van der Waals surface area contributed by atoms with Gasteiger partial charge in [0, 0.05) is 19.8 Å². The zero-order chi connectivity index (χ0) is 21.5. The molecule has 0 bridgehead atoms. The second-order valence-electron chi connectivity index (χ2n) is 9.50. The van der Waals surface area contributed by atoms with Gasteiger partial charge in [-0.1, -0.05) is 34.6 Å². The molecule has 0 saturated carbocycles. The van der Waals surface area contributed by atoms with Gasteiger partial charge in [-0.15, -0.1) is 0 Å². The van der Waals surface area contributed by atoms with Gasteiger partial charge in [-0.2, -0.15) is 10.3 Å². The molecule has 2 heterocycles. The Labute approximate surface area is 170 Å². The summed E-state index contributed by atoms with van der Waals surface area (Å²) in [6, 6.07) is 0. The minimum absolute atomic E-state index is 0.0210. The number of ether oxygens (including phenoxy) is 2. The monoisotopic (exact) mass is 410 g/mol. The molecule has 1 unspecified atom stereocenters. The van der Waals surface area contributed by atoms with Crippen LogP contribution < -0.4 is 11.1 Å². The Morgan fingerprint density at radius 3 is 2.24 bits per heavy atom. The Morgan fingerprint density at radius 2 is 1.66 bits per heavy atom. The van der Waals surface area contributed by atoms with E-state index in [0.717, 1.165) is 19.3 Å². The lowest BCUT2D eigenvalue weighted by Gasteiger charge is -2.25. The highest BCUT2D eigenvalue weighted by Crippen LogP contribution is 2.31. The predicted molar refractivity (Wildman–Crippen MR) is 109 cm³/mol. The van der Waals surface area contributed by atoms with Crippen molar-refractivity contribution in [2.75, 3.05) is 19.8 Å². The van der Waals surface area contributed by atoms with Crippen molar-refractivity contribution in [3.05, 3.63) is 44.4 Å². The van der Waals surface area contributed by atoms with Crippen molar-refractivity contribution < 1.29 is 18.5 Å². The summed E-state index contributed by atoms with van der Waals surface area (Å²) in [6.07, 6.45) is 5.53.